The van der Waals surface area contributed by atoms with Gasteiger partial charge in [-0.2, -0.15) is 0 Å². The molecule has 5 nitrogen and oxygen atoms in total. The molecule has 3 heterocycles. The third-order valence-corrected chi connectivity index (χ3v) is 5.27. The lowest BCUT2D eigenvalue weighted by molar-refractivity contribution is 0.415. The van der Waals surface area contributed by atoms with Crippen molar-refractivity contribution >= 4 is 23.0 Å². The summed E-state index contributed by atoms with van der Waals surface area (Å²) < 4.78 is 7.56. The summed E-state index contributed by atoms with van der Waals surface area (Å²) in [6.07, 6.45) is 3.93. The maximum atomic E-state index is 5.74. The lowest BCUT2D eigenvalue weighted by Crippen LogP contribution is -2.30. The number of pyridine rings is 1. The van der Waals surface area contributed by atoms with Gasteiger partial charge in [0, 0.05) is 30.3 Å². The lowest BCUT2D eigenvalue weighted by Gasteiger charge is -2.28. The standard InChI is InChI=1S/C21H22N4OS/c1-3-24-14-6-8-18(24)20-19(17-7-4-5-13-22-17)23-21(27)25(20)15-9-11-16(26-2)12-10-15/h4-14,19-20H,3H2,1-2H3,(H,23,27). The van der Waals surface area contributed by atoms with Crippen LogP contribution in [0.4, 0.5) is 5.69 Å². The van der Waals surface area contributed by atoms with Gasteiger partial charge in [0.05, 0.1) is 18.8 Å². The Hall–Kier alpha value is -2.86. The topological polar surface area (TPSA) is 42.3 Å². The Labute approximate surface area is 164 Å². The minimum Gasteiger partial charge on any atom is -0.497 e. The number of methoxy groups -OCH3 is 1. The first-order valence-corrected chi connectivity index (χ1v) is 9.43. The largest absolute Gasteiger partial charge is 0.497 e. The van der Waals surface area contributed by atoms with Gasteiger partial charge in [0.2, 0.25) is 0 Å². The van der Waals surface area contributed by atoms with E-state index < -0.39 is 0 Å². The fourth-order valence-corrected chi connectivity index (χ4v) is 4.01. The zero-order chi connectivity index (χ0) is 18.8. The lowest BCUT2D eigenvalue weighted by atomic mass is 10.0. The number of hydrogen-bond acceptors (Lipinski definition) is 3. The fourth-order valence-electron chi connectivity index (χ4n) is 3.66. The predicted molar refractivity (Wildman–Crippen MR) is 111 cm³/mol. The smallest absolute Gasteiger partial charge is 0.174 e. The number of rotatable bonds is 5. The number of nitrogens with zero attached hydrogens (tertiary/aromatic N) is 3. The van der Waals surface area contributed by atoms with Crippen molar-refractivity contribution in [2.24, 2.45) is 0 Å². The molecule has 1 aliphatic heterocycles. The van der Waals surface area contributed by atoms with E-state index in [0.717, 1.165) is 23.7 Å². The second kappa shape index (κ2) is 7.40. The zero-order valence-electron chi connectivity index (χ0n) is 15.4. The molecule has 2 atom stereocenters. The number of aromatic nitrogens is 2. The molecule has 0 saturated carbocycles. The number of anilines is 1. The van der Waals surface area contributed by atoms with Crippen molar-refractivity contribution in [2.75, 3.05) is 12.0 Å². The van der Waals surface area contributed by atoms with Crippen molar-refractivity contribution < 1.29 is 4.74 Å². The van der Waals surface area contributed by atoms with E-state index in [2.05, 4.69) is 45.0 Å². The molecule has 2 unspecified atom stereocenters. The first kappa shape index (κ1) is 17.5. The van der Waals surface area contributed by atoms with Gasteiger partial charge in [-0.3, -0.25) is 4.98 Å². The summed E-state index contributed by atoms with van der Waals surface area (Å²) in [6.45, 7) is 3.05. The van der Waals surface area contributed by atoms with Crippen LogP contribution >= 0.6 is 12.2 Å². The Balaban J connectivity index is 1.81. The van der Waals surface area contributed by atoms with Crippen LogP contribution in [0, 0.1) is 0 Å². The molecule has 1 aliphatic rings. The number of ether oxygens (including phenoxy) is 1. The number of nitrogens with one attached hydrogen (secondary N) is 1. The van der Waals surface area contributed by atoms with Crippen LogP contribution in [0.25, 0.3) is 0 Å². The number of thiocarbonyl (C=S) groups is 1. The first-order chi connectivity index (χ1) is 13.2. The summed E-state index contributed by atoms with van der Waals surface area (Å²) in [6, 6.07) is 18.2. The van der Waals surface area contributed by atoms with Gasteiger partial charge in [0.25, 0.3) is 0 Å². The molecule has 1 N–H and O–H groups in total. The van der Waals surface area contributed by atoms with Crippen LogP contribution in [0.5, 0.6) is 5.75 Å². The highest BCUT2D eigenvalue weighted by molar-refractivity contribution is 7.80. The van der Waals surface area contributed by atoms with Gasteiger partial charge in [0.1, 0.15) is 11.8 Å². The van der Waals surface area contributed by atoms with Crippen LogP contribution < -0.4 is 15.0 Å². The van der Waals surface area contributed by atoms with Crippen molar-refractivity contribution in [3.63, 3.8) is 0 Å². The number of benzene rings is 1. The molecule has 1 saturated heterocycles. The van der Waals surface area contributed by atoms with Crippen LogP contribution in [0.15, 0.2) is 67.0 Å². The molecule has 6 heteroatoms. The molecule has 3 aromatic rings. The normalized spacial score (nSPS) is 19.2. The van der Waals surface area contributed by atoms with Gasteiger partial charge < -0.3 is 19.5 Å². The molecule has 0 amide bonds. The molecule has 27 heavy (non-hydrogen) atoms. The minimum atomic E-state index is -0.0269. The number of aryl methyl sites for hydroxylation is 1. The molecule has 0 aliphatic carbocycles. The average Bonchev–Trinajstić information content (AvgIpc) is 3.32. The summed E-state index contributed by atoms with van der Waals surface area (Å²) in [5.41, 5.74) is 3.21. The number of hydrogen-bond donors (Lipinski definition) is 1. The molecule has 0 bridgehead atoms. The molecule has 1 fully saturated rings. The van der Waals surface area contributed by atoms with E-state index in [9.17, 15) is 0 Å². The molecule has 0 radical (unpaired) electrons. The Bertz CT molecular complexity index is 923. The second-order valence-corrected chi connectivity index (χ2v) is 6.80. The average molecular weight is 379 g/mol. The quantitative estimate of drug-likeness (QED) is 0.678. The zero-order valence-corrected chi connectivity index (χ0v) is 16.2. The third kappa shape index (κ3) is 3.17. The molecule has 2 aromatic heterocycles. The van der Waals surface area contributed by atoms with Crippen molar-refractivity contribution in [1.82, 2.24) is 14.9 Å². The molecule has 0 spiro atoms. The van der Waals surface area contributed by atoms with Gasteiger partial charge in [-0.05, 0) is 67.7 Å². The highest BCUT2D eigenvalue weighted by atomic mass is 32.1. The van der Waals surface area contributed by atoms with E-state index >= 15 is 0 Å². The van der Waals surface area contributed by atoms with Crippen molar-refractivity contribution in [3.8, 4) is 5.75 Å². The summed E-state index contributed by atoms with van der Waals surface area (Å²) in [5, 5.41) is 4.19. The van der Waals surface area contributed by atoms with E-state index in [1.165, 1.54) is 5.69 Å². The van der Waals surface area contributed by atoms with Gasteiger partial charge in [-0.1, -0.05) is 6.07 Å². The van der Waals surface area contributed by atoms with Crippen LogP contribution in [-0.4, -0.2) is 21.8 Å². The van der Waals surface area contributed by atoms with Crippen LogP contribution in [0.1, 0.15) is 30.4 Å². The molecular weight excluding hydrogens is 356 g/mol. The Morgan fingerprint density at radius 1 is 1.11 bits per heavy atom. The SMILES string of the molecule is CCn1cccc1C1C(c2ccccn2)NC(=S)N1c1ccc(OC)cc1. The van der Waals surface area contributed by atoms with Crippen molar-refractivity contribution in [3.05, 3.63) is 78.4 Å². The van der Waals surface area contributed by atoms with Gasteiger partial charge in [-0.15, -0.1) is 0 Å². The van der Waals surface area contributed by atoms with Crippen molar-refractivity contribution in [2.45, 2.75) is 25.6 Å². The summed E-state index contributed by atoms with van der Waals surface area (Å²) in [7, 11) is 1.67. The maximum absolute atomic E-state index is 5.74. The van der Waals surface area contributed by atoms with E-state index in [4.69, 9.17) is 17.0 Å². The summed E-state index contributed by atoms with van der Waals surface area (Å²) in [5.74, 6) is 0.826. The van der Waals surface area contributed by atoms with Gasteiger partial charge in [-0.25, -0.2) is 0 Å². The van der Waals surface area contributed by atoms with E-state index in [1.54, 1.807) is 7.11 Å². The minimum absolute atomic E-state index is 0.00995. The fraction of sp³-hybridized carbons (Fsp3) is 0.238. The predicted octanol–water partition coefficient (Wildman–Crippen LogP) is 4.09. The second-order valence-electron chi connectivity index (χ2n) is 6.41. The van der Waals surface area contributed by atoms with E-state index in [0.29, 0.717) is 5.11 Å². The highest BCUT2D eigenvalue weighted by Crippen LogP contribution is 2.41. The highest BCUT2D eigenvalue weighted by Gasteiger charge is 2.41. The molecule has 138 valence electrons. The maximum Gasteiger partial charge on any atom is 0.174 e. The molecule has 1 aromatic carbocycles. The summed E-state index contributed by atoms with van der Waals surface area (Å²) in [4.78, 5) is 6.76. The summed E-state index contributed by atoms with van der Waals surface area (Å²) >= 11 is 5.74. The Kier molecular flexibility index (Phi) is 4.81. The van der Waals surface area contributed by atoms with Crippen molar-refractivity contribution in [1.29, 1.82) is 0 Å². The van der Waals surface area contributed by atoms with E-state index in [1.807, 2.05) is 48.7 Å². The Morgan fingerprint density at radius 3 is 2.59 bits per heavy atom. The van der Waals surface area contributed by atoms with E-state index in [-0.39, 0.29) is 12.1 Å². The molecule has 4 rings (SSSR count). The third-order valence-electron chi connectivity index (χ3n) is 4.96. The Morgan fingerprint density at radius 2 is 1.93 bits per heavy atom. The van der Waals surface area contributed by atoms with Crippen LogP contribution in [-0.2, 0) is 6.54 Å². The van der Waals surface area contributed by atoms with Gasteiger partial charge >= 0.3 is 0 Å². The van der Waals surface area contributed by atoms with Crippen LogP contribution in [0.2, 0.25) is 0 Å². The first-order valence-electron chi connectivity index (χ1n) is 9.02. The van der Waals surface area contributed by atoms with Crippen LogP contribution in [0.3, 0.4) is 0 Å². The monoisotopic (exact) mass is 378 g/mol. The van der Waals surface area contributed by atoms with Gasteiger partial charge in [0.15, 0.2) is 5.11 Å². The molecular formula is C21H22N4OS.